The SMILES string of the molecule is COc1c(F)cccc1OC(=O)N1CCC([C@@H](CC(C)C)NC(=O)c2ccc(F)cc2)CC1. The molecule has 6 nitrogen and oxygen atoms in total. The predicted octanol–water partition coefficient (Wildman–Crippen LogP) is 5.03. The zero-order valence-electron chi connectivity index (χ0n) is 19.1. The number of nitrogens with one attached hydrogen (secondary N) is 1. The molecule has 0 bridgehead atoms. The van der Waals surface area contributed by atoms with Gasteiger partial charge in [-0.25, -0.2) is 13.6 Å². The van der Waals surface area contributed by atoms with Gasteiger partial charge in [0.05, 0.1) is 7.11 Å². The molecule has 0 spiro atoms. The van der Waals surface area contributed by atoms with Gasteiger partial charge in [0, 0.05) is 24.7 Å². The highest BCUT2D eigenvalue weighted by Crippen LogP contribution is 2.31. The number of likely N-dealkylation sites (tertiary alicyclic amines) is 1. The number of piperidine rings is 1. The zero-order chi connectivity index (χ0) is 24.0. The minimum absolute atomic E-state index is 0.0360. The maximum absolute atomic E-state index is 13.9. The number of carbonyl (C=O) groups excluding carboxylic acids is 2. The fourth-order valence-electron chi connectivity index (χ4n) is 4.14. The largest absolute Gasteiger partial charge is 0.490 e. The van der Waals surface area contributed by atoms with Crippen LogP contribution in [-0.4, -0.2) is 43.1 Å². The lowest BCUT2D eigenvalue weighted by Gasteiger charge is -2.36. The van der Waals surface area contributed by atoms with E-state index < -0.39 is 11.9 Å². The normalized spacial score (nSPS) is 15.3. The Kier molecular flexibility index (Phi) is 8.25. The average Bonchev–Trinajstić information content (AvgIpc) is 2.79. The Balaban J connectivity index is 1.60. The third-order valence-electron chi connectivity index (χ3n) is 5.85. The van der Waals surface area contributed by atoms with Gasteiger partial charge in [-0.3, -0.25) is 4.79 Å². The quantitative estimate of drug-likeness (QED) is 0.629. The highest BCUT2D eigenvalue weighted by molar-refractivity contribution is 5.94. The van der Waals surface area contributed by atoms with E-state index in [9.17, 15) is 18.4 Å². The fraction of sp³-hybridized carbons (Fsp3) is 0.440. The van der Waals surface area contributed by atoms with Crippen LogP contribution in [0.2, 0.25) is 0 Å². The molecule has 178 valence electrons. The lowest BCUT2D eigenvalue weighted by atomic mass is 9.85. The number of hydrogen-bond acceptors (Lipinski definition) is 4. The first kappa shape index (κ1) is 24.5. The summed E-state index contributed by atoms with van der Waals surface area (Å²) < 4.78 is 37.4. The maximum Gasteiger partial charge on any atom is 0.415 e. The standard InChI is InChI=1S/C25H30F2N2O4/c1-16(2)15-21(28-24(30)18-7-9-19(26)10-8-18)17-11-13-29(14-12-17)25(31)33-22-6-4-5-20(27)23(22)32-3/h4-10,16-17,21H,11-15H2,1-3H3,(H,28,30)/t21-/m1/s1. The third kappa shape index (κ3) is 6.43. The molecule has 1 N–H and O–H groups in total. The minimum Gasteiger partial charge on any atom is -0.490 e. The van der Waals surface area contributed by atoms with Crippen LogP contribution in [0.5, 0.6) is 11.5 Å². The molecule has 0 radical (unpaired) electrons. The van der Waals surface area contributed by atoms with E-state index in [1.807, 2.05) is 0 Å². The molecule has 33 heavy (non-hydrogen) atoms. The first-order valence-corrected chi connectivity index (χ1v) is 11.1. The number of ether oxygens (including phenoxy) is 2. The van der Waals surface area contributed by atoms with E-state index in [-0.39, 0.29) is 35.2 Å². The summed E-state index contributed by atoms with van der Waals surface area (Å²) in [6, 6.07) is 9.57. The highest BCUT2D eigenvalue weighted by atomic mass is 19.1. The van der Waals surface area contributed by atoms with Crippen molar-refractivity contribution in [1.82, 2.24) is 10.2 Å². The number of amides is 2. The number of halogens is 2. The summed E-state index contributed by atoms with van der Waals surface area (Å²) >= 11 is 0. The molecule has 1 atom stereocenters. The predicted molar refractivity (Wildman–Crippen MR) is 120 cm³/mol. The molecule has 1 heterocycles. The fourth-order valence-corrected chi connectivity index (χ4v) is 4.14. The van der Waals surface area contributed by atoms with Crippen molar-refractivity contribution in [3.8, 4) is 11.5 Å². The Bertz CT molecular complexity index is 957. The molecule has 1 fully saturated rings. The number of nitrogens with zero attached hydrogens (tertiary/aromatic N) is 1. The van der Waals surface area contributed by atoms with Crippen LogP contribution in [-0.2, 0) is 0 Å². The molecule has 2 aromatic carbocycles. The molecule has 0 aliphatic carbocycles. The first-order valence-electron chi connectivity index (χ1n) is 11.1. The number of hydrogen-bond donors (Lipinski definition) is 1. The van der Waals surface area contributed by atoms with Crippen molar-refractivity contribution in [2.75, 3.05) is 20.2 Å². The van der Waals surface area contributed by atoms with Gasteiger partial charge in [0.2, 0.25) is 0 Å². The summed E-state index contributed by atoms with van der Waals surface area (Å²) in [7, 11) is 1.32. The second-order valence-electron chi connectivity index (χ2n) is 8.68. The van der Waals surface area contributed by atoms with E-state index in [2.05, 4.69) is 19.2 Å². The van der Waals surface area contributed by atoms with Crippen LogP contribution < -0.4 is 14.8 Å². The Morgan fingerprint density at radius 1 is 1.09 bits per heavy atom. The number of methoxy groups -OCH3 is 1. The van der Waals surface area contributed by atoms with Gasteiger partial charge in [-0.05, 0) is 67.5 Å². The van der Waals surface area contributed by atoms with Gasteiger partial charge in [0.25, 0.3) is 5.91 Å². The smallest absolute Gasteiger partial charge is 0.415 e. The summed E-state index contributed by atoms with van der Waals surface area (Å²) in [6.45, 7) is 5.11. The van der Waals surface area contributed by atoms with Gasteiger partial charge in [0.15, 0.2) is 17.3 Å². The highest BCUT2D eigenvalue weighted by Gasteiger charge is 2.31. The number of benzene rings is 2. The lowest BCUT2D eigenvalue weighted by Crippen LogP contribution is -2.47. The van der Waals surface area contributed by atoms with E-state index in [4.69, 9.17) is 9.47 Å². The van der Waals surface area contributed by atoms with Gasteiger partial charge in [-0.15, -0.1) is 0 Å². The van der Waals surface area contributed by atoms with Crippen molar-refractivity contribution in [2.45, 2.75) is 39.2 Å². The van der Waals surface area contributed by atoms with Crippen molar-refractivity contribution >= 4 is 12.0 Å². The van der Waals surface area contributed by atoms with Gasteiger partial charge < -0.3 is 19.7 Å². The Labute approximate surface area is 192 Å². The molecule has 0 saturated carbocycles. The molecular formula is C25H30F2N2O4. The number of para-hydroxylation sites is 1. The van der Waals surface area contributed by atoms with Gasteiger partial charge >= 0.3 is 6.09 Å². The molecule has 2 aromatic rings. The topological polar surface area (TPSA) is 67.9 Å². The number of rotatable bonds is 7. The Morgan fingerprint density at radius 3 is 2.36 bits per heavy atom. The molecule has 2 amide bonds. The summed E-state index contributed by atoms with van der Waals surface area (Å²) in [5, 5.41) is 3.10. The van der Waals surface area contributed by atoms with Crippen molar-refractivity contribution in [1.29, 1.82) is 0 Å². The van der Waals surface area contributed by atoms with Crippen LogP contribution in [0, 0.1) is 23.5 Å². The Morgan fingerprint density at radius 2 is 1.76 bits per heavy atom. The van der Waals surface area contributed by atoms with Crippen molar-refractivity contribution in [3.63, 3.8) is 0 Å². The van der Waals surface area contributed by atoms with Gasteiger partial charge in [0.1, 0.15) is 5.82 Å². The summed E-state index contributed by atoms with van der Waals surface area (Å²) in [4.78, 5) is 26.9. The van der Waals surface area contributed by atoms with Crippen LogP contribution >= 0.6 is 0 Å². The second kappa shape index (κ2) is 11.1. The van der Waals surface area contributed by atoms with E-state index in [0.717, 1.165) is 6.42 Å². The molecule has 3 rings (SSSR count). The second-order valence-corrected chi connectivity index (χ2v) is 8.68. The first-order chi connectivity index (χ1) is 15.8. The Hall–Kier alpha value is -3.16. The van der Waals surface area contributed by atoms with Crippen LogP contribution in [0.1, 0.15) is 43.5 Å². The lowest BCUT2D eigenvalue weighted by molar-refractivity contribution is 0.0870. The summed E-state index contributed by atoms with van der Waals surface area (Å²) in [5.41, 5.74) is 0.412. The van der Waals surface area contributed by atoms with Gasteiger partial charge in [-0.1, -0.05) is 19.9 Å². The maximum atomic E-state index is 13.9. The van der Waals surface area contributed by atoms with E-state index in [1.165, 1.54) is 49.6 Å². The van der Waals surface area contributed by atoms with Crippen molar-refractivity contribution in [2.24, 2.45) is 11.8 Å². The van der Waals surface area contributed by atoms with Crippen LogP contribution in [0.15, 0.2) is 42.5 Å². The van der Waals surface area contributed by atoms with Crippen molar-refractivity contribution < 1.29 is 27.8 Å². The minimum atomic E-state index is -0.602. The van der Waals surface area contributed by atoms with Crippen LogP contribution in [0.25, 0.3) is 0 Å². The average molecular weight is 461 g/mol. The van der Waals surface area contributed by atoms with E-state index in [1.54, 1.807) is 4.90 Å². The zero-order valence-corrected chi connectivity index (χ0v) is 19.1. The van der Waals surface area contributed by atoms with E-state index >= 15 is 0 Å². The molecule has 0 aromatic heterocycles. The number of carbonyl (C=O) groups is 2. The molecule has 1 aliphatic heterocycles. The molecular weight excluding hydrogens is 430 g/mol. The van der Waals surface area contributed by atoms with Crippen molar-refractivity contribution in [3.05, 3.63) is 59.7 Å². The molecule has 8 heteroatoms. The van der Waals surface area contributed by atoms with Crippen LogP contribution in [0.4, 0.5) is 13.6 Å². The summed E-state index contributed by atoms with van der Waals surface area (Å²) in [6.07, 6.45) is 1.61. The monoisotopic (exact) mass is 460 g/mol. The molecule has 1 saturated heterocycles. The van der Waals surface area contributed by atoms with E-state index in [0.29, 0.717) is 37.4 Å². The third-order valence-corrected chi connectivity index (χ3v) is 5.85. The summed E-state index contributed by atoms with van der Waals surface area (Å²) in [5.74, 6) is -0.748. The van der Waals surface area contributed by atoms with Crippen LogP contribution in [0.3, 0.4) is 0 Å². The molecule has 1 aliphatic rings. The van der Waals surface area contributed by atoms with Gasteiger partial charge in [-0.2, -0.15) is 0 Å². The molecule has 0 unspecified atom stereocenters.